The molecule has 1 unspecified atom stereocenters. The number of guanidine groups is 1. The Morgan fingerprint density at radius 3 is 2.85 bits per heavy atom. The minimum Gasteiger partial charge on any atom is -0.356 e. The van der Waals surface area contributed by atoms with E-state index < -0.39 is 0 Å². The Balaban J connectivity index is 1.63. The number of rotatable bonds is 8. The quantitative estimate of drug-likeness (QED) is 0.406. The molecule has 1 aromatic rings. The van der Waals surface area contributed by atoms with Gasteiger partial charge in [-0.3, -0.25) is 19.7 Å². The number of carbonyl (C=O) groups is 1. The van der Waals surface area contributed by atoms with E-state index in [1.54, 1.807) is 11.9 Å². The Morgan fingerprint density at radius 1 is 1.35 bits per heavy atom. The zero-order chi connectivity index (χ0) is 18.8. The van der Waals surface area contributed by atoms with Crippen LogP contribution in [0.2, 0.25) is 0 Å². The van der Waals surface area contributed by atoms with Gasteiger partial charge in [-0.1, -0.05) is 6.07 Å². The normalized spacial score (nSPS) is 18.0. The average Bonchev–Trinajstić information content (AvgIpc) is 3.12. The van der Waals surface area contributed by atoms with Gasteiger partial charge < -0.3 is 15.5 Å². The number of hydrogen-bond donors (Lipinski definition) is 2. The minimum atomic E-state index is 0.0563. The van der Waals surface area contributed by atoms with E-state index in [0.29, 0.717) is 0 Å². The summed E-state index contributed by atoms with van der Waals surface area (Å²) in [5.74, 6) is 1.03. The summed E-state index contributed by atoms with van der Waals surface area (Å²) in [5, 5.41) is 6.66. The molecule has 1 aliphatic rings. The Hall–Kier alpha value is -2.15. The van der Waals surface area contributed by atoms with E-state index in [-0.39, 0.29) is 11.9 Å². The van der Waals surface area contributed by atoms with E-state index in [4.69, 9.17) is 0 Å². The SMILES string of the molecule is CN=C(NCCCN1CCCC1C(=O)N(C)C)NCCc1ccccn1. The number of carbonyl (C=O) groups excluding carboxylic acids is 1. The average molecular weight is 361 g/mol. The molecule has 2 N–H and O–H groups in total. The van der Waals surface area contributed by atoms with Gasteiger partial charge in [0.2, 0.25) is 5.91 Å². The second kappa shape index (κ2) is 10.8. The van der Waals surface area contributed by atoms with Gasteiger partial charge in [0.15, 0.2) is 5.96 Å². The molecule has 144 valence electrons. The molecular formula is C19H32N6O. The molecule has 0 aromatic carbocycles. The van der Waals surface area contributed by atoms with Crippen LogP contribution in [0.25, 0.3) is 0 Å². The first kappa shape index (κ1) is 20.2. The summed E-state index contributed by atoms with van der Waals surface area (Å²) < 4.78 is 0. The predicted octanol–water partition coefficient (Wildman–Crippen LogP) is 0.732. The highest BCUT2D eigenvalue weighted by atomic mass is 16.2. The molecule has 1 saturated heterocycles. The number of pyridine rings is 1. The third-order valence-electron chi connectivity index (χ3n) is 4.63. The minimum absolute atomic E-state index is 0.0563. The summed E-state index contributed by atoms with van der Waals surface area (Å²) >= 11 is 0. The Bertz CT molecular complexity index is 575. The van der Waals surface area contributed by atoms with Crippen LogP contribution in [-0.4, -0.2) is 80.0 Å². The fraction of sp³-hybridized carbons (Fsp3) is 0.632. The first-order chi connectivity index (χ1) is 12.6. The zero-order valence-electron chi connectivity index (χ0n) is 16.2. The fourth-order valence-electron chi connectivity index (χ4n) is 3.24. The summed E-state index contributed by atoms with van der Waals surface area (Å²) in [4.78, 5) is 24.8. The first-order valence-corrected chi connectivity index (χ1v) is 9.41. The van der Waals surface area contributed by atoms with E-state index in [9.17, 15) is 4.79 Å². The van der Waals surface area contributed by atoms with Gasteiger partial charge in [0.25, 0.3) is 0 Å². The van der Waals surface area contributed by atoms with Gasteiger partial charge in [0.05, 0.1) is 6.04 Å². The highest BCUT2D eigenvalue weighted by molar-refractivity contribution is 5.81. The molecule has 7 nitrogen and oxygen atoms in total. The molecule has 1 aromatic heterocycles. The number of amides is 1. The van der Waals surface area contributed by atoms with E-state index in [1.165, 1.54) is 0 Å². The summed E-state index contributed by atoms with van der Waals surface area (Å²) in [7, 11) is 5.45. The van der Waals surface area contributed by atoms with Crippen LogP contribution in [0.3, 0.4) is 0 Å². The molecule has 26 heavy (non-hydrogen) atoms. The number of nitrogens with one attached hydrogen (secondary N) is 2. The Labute approximate surface area is 156 Å². The highest BCUT2D eigenvalue weighted by Crippen LogP contribution is 2.18. The standard InChI is InChI=1S/C19H32N6O/c1-20-19(23-13-10-16-8-4-5-11-21-16)22-12-7-15-25-14-6-9-17(25)18(26)24(2)3/h4-5,8,11,17H,6-7,9-10,12-15H2,1-3H3,(H2,20,22,23). The molecule has 0 spiro atoms. The Morgan fingerprint density at radius 2 is 2.15 bits per heavy atom. The van der Waals surface area contributed by atoms with E-state index in [1.807, 2.05) is 38.5 Å². The van der Waals surface area contributed by atoms with Gasteiger partial charge in [-0.05, 0) is 37.9 Å². The lowest BCUT2D eigenvalue weighted by Gasteiger charge is -2.26. The van der Waals surface area contributed by atoms with Gasteiger partial charge in [0.1, 0.15) is 0 Å². The lowest BCUT2D eigenvalue weighted by Crippen LogP contribution is -2.44. The molecule has 1 aliphatic heterocycles. The zero-order valence-corrected chi connectivity index (χ0v) is 16.2. The van der Waals surface area contributed by atoms with Crippen molar-refractivity contribution < 1.29 is 4.79 Å². The van der Waals surface area contributed by atoms with Gasteiger partial charge >= 0.3 is 0 Å². The van der Waals surface area contributed by atoms with E-state index >= 15 is 0 Å². The molecule has 0 bridgehead atoms. The number of likely N-dealkylation sites (N-methyl/N-ethyl adjacent to an activating group) is 1. The molecular weight excluding hydrogens is 328 g/mol. The van der Waals surface area contributed by atoms with Crippen molar-refractivity contribution in [1.29, 1.82) is 0 Å². The van der Waals surface area contributed by atoms with Gasteiger partial charge in [-0.25, -0.2) is 0 Å². The van der Waals surface area contributed by atoms with Crippen molar-refractivity contribution in [3.8, 4) is 0 Å². The maximum absolute atomic E-state index is 12.2. The van der Waals surface area contributed by atoms with Gasteiger partial charge in [-0.15, -0.1) is 0 Å². The summed E-state index contributed by atoms with van der Waals surface area (Å²) in [6, 6.07) is 6.01. The molecule has 0 radical (unpaired) electrons. The smallest absolute Gasteiger partial charge is 0.239 e. The van der Waals surface area contributed by atoms with Crippen molar-refractivity contribution in [3.63, 3.8) is 0 Å². The highest BCUT2D eigenvalue weighted by Gasteiger charge is 2.30. The molecule has 1 amide bonds. The van der Waals surface area contributed by atoms with Crippen molar-refractivity contribution in [3.05, 3.63) is 30.1 Å². The molecule has 0 aliphatic carbocycles. The molecule has 2 rings (SSSR count). The van der Waals surface area contributed by atoms with Crippen LogP contribution in [0.5, 0.6) is 0 Å². The largest absolute Gasteiger partial charge is 0.356 e. The number of likely N-dealkylation sites (tertiary alicyclic amines) is 1. The van der Waals surface area contributed by atoms with Gasteiger partial charge in [-0.2, -0.15) is 0 Å². The number of hydrogen-bond acceptors (Lipinski definition) is 4. The lowest BCUT2D eigenvalue weighted by molar-refractivity contribution is -0.133. The molecule has 0 saturated carbocycles. The first-order valence-electron chi connectivity index (χ1n) is 9.41. The van der Waals surface area contributed by atoms with Crippen LogP contribution in [0.1, 0.15) is 25.0 Å². The molecule has 2 heterocycles. The number of aromatic nitrogens is 1. The molecule has 7 heteroatoms. The maximum atomic E-state index is 12.2. The molecule has 1 fully saturated rings. The van der Waals surface area contributed by atoms with Crippen LogP contribution in [0.4, 0.5) is 0 Å². The van der Waals surface area contributed by atoms with E-state index in [0.717, 1.165) is 63.5 Å². The number of aliphatic imine (C=N–C) groups is 1. The summed E-state index contributed by atoms with van der Waals surface area (Å²) in [6.45, 7) is 3.58. The lowest BCUT2D eigenvalue weighted by atomic mass is 10.2. The number of nitrogens with zero attached hydrogens (tertiary/aromatic N) is 4. The maximum Gasteiger partial charge on any atom is 0.239 e. The predicted molar refractivity (Wildman–Crippen MR) is 105 cm³/mol. The van der Waals surface area contributed by atoms with Crippen molar-refractivity contribution in [1.82, 2.24) is 25.4 Å². The Kier molecular flexibility index (Phi) is 8.34. The summed E-state index contributed by atoms with van der Waals surface area (Å²) in [6.07, 6.45) is 5.74. The van der Waals surface area contributed by atoms with Crippen LogP contribution in [-0.2, 0) is 11.2 Å². The van der Waals surface area contributed by atoms with Crippen LogP contribution < -0.4 is 10.6 Å². The van der Waals surface area contributed by atoms with Crippen LogP contribution >= 0.6 is 0 Å². The summed E-state index contributed by atoms with van der Waals surface area (Å²) in [5.41, 5.74) is 1.07. The third-order valence-corrected chi connectivity index (χ3v) is 4.63. The van der Waals surface area contributed by atoms with Crippen molar-refractivity contribution in [2.45, 2.75) is 31.7 Å². The second-order valence-corrected chi connectivity index (χ2v) is 6.78. The van der Waals surface area contributed by atoms with Crippen LogP contribution in [0, 0.1) is 0 Å². The molecule has 1 atom stereocenters. The van der Waals surface area contributed by atoms with Gasteiger partial charge in [0, 0.05) is 59.1 Å². The third kappa shape index (κ3) is 6.29. The van der Waals surface area contributed by atoms with Crippen molar-refractivity contribution >= 4 is 11.9 Å². The topological polar surface area (TPSA) is 72.9 Å². The van der Waals surface area contributed by atoms with E-state index in [2.05, 4.69) is 25.5 Å². The fourth-order valence-corrected chi connectivity index (χ4v) is 3.24. The van der Waals surface area contributed by atoms with Crippen molar-refractivity contribution in [2.75, 3.05) is 47.3 Å². The van der Waals surface area contributed by atoms with Crippen LogP contribution in [0.15, 0.2) is 29.4 Å². The second-order valence-electron chi connectivity index (χ2n) is 6.78. The monoisotopic (exact) mass is 360 g/mol. The van der Waals surface area contributed by atoms with Crippen molar-refractivity contribution in [2.24, 2.45) is 4.99 Å².